The highest BCUT2D eigenvalue weighted by Gasteiger charge is 2.14. The predicted molar refractivity (Wildman–Crippen MR) is 55.5 cm³/mol. The van der Waals surface area contributed by atoms with Gasteiger partial charge < -0.3 is 0 Å². The van der Waals surface area contributed by atoms with Gasteiger partial charge in [0.05, 0.1) is 0 Å². The molecule has 0 aliphatic carbocycles. The summed E-state index contributed by atoms with van der Waals surface area (Å²) in [6, 6.07) is 4.69. The summed E-state index contributed by atoms with van der Waals surface area (Å²) in [6.07, 6.45) is 0. The lowest BCUT2D eigenvalue weighted by Gasteiger charge is -2.08. The van der Waals surface area contributed by atoms with E-state index >= 15 is 0 Å². The lowest BCUT2D eigenvalue weighted by atomic mass is 10.1. The van der Waals surface area contributed by atoms with Crippen LogP contribution in [-0.2, 0) is 11.5 Å². The number of carbonyl (C=O) groups excluding carboxylic acids is 1. The van der Waals surface area contributed by atoms with Gasteiger partial charge in [0.15, 0.2) is 5.78 Å². The summed E-state index contributed by atoms with van der Waals surface area (Å²) in [5.41, 5.74) is 0.937. The molecule has 1 aromatic carbocycles. The van der Waals surface area contributed by atoms with E-state index in [1.165, 1.54) is 13.0 Å². The van der Waals surface area contributed by atoms with Crippen molar-refractivity contribution in [3.8, 4) is 0 Å². The van der Waals surface area contributed by atoms with Gasteiger partial charge in [-0.25, -0.2) is 4.39 Å². The van der Waals surface area contributed by atoms with Crippen LogP contribution < -0.4 is 0 Å². The Morgan fingerprint density at radius 2 is 2.21 bits per heavy atom. The lowest BCUT2D eigenvalue weighted by molar-refractivity contribution is -0.116. The average Bonchev–Trinajstić information content (AvgIpc) is 2.17. The van der Waals surface area contributed by atoms with Gasteiger partial charge in [0.25, 0.3) is 0 Å². The van der Waals surface area contributed by atoms with Crippen molar-refractivity contribution in [2.24, 2.45) is 0 Å². The van der Waals surface area contributed by atoms with Crippen LogP contribution in [0.4, 0.5) is 4.39 Å². The molecule has 4 heteroatoms. The molecular weight excluding hydrogens is 226 g/mol. The summed E-state index contributed by atoms with van der Waals surface area (Å²) < 4.78 is 12.4. The summed E-state index contributed by atoms with van der Waals surface area (Å²) in [5, 5.41) is -0.374. The molecule has 14 heavy (non-hydrogen) atoms. The maximum atomic E-state index is 12.4. The molecule has 1 atom stereocenters. The van der Waals surface area contributed by atoms with E-state index in [-0.39, 0.29) is 5.78 Å². The van der Waals surface area contributed by atoms with E-state index in [1.54, 1.807) is 12.1 Å². The summed E-state index contributed by atoms with van der Waals surface area (Å²) >= 11 is 11.5. The maximum Gasteiger partial charge on any atom is 0.152 e. The van der Waals surface area contributed by atoms with Crippen LogP contribution in [0.5, 0.6) is 0 Å². The van der Waals surface area contributed by atoms with Gasteiger partial charge in [-0.1, -0.05) is 17.7 Å². The molecule has 0 heterocycles. The second-order valence-electron chi connectivity index (χ2n) is 2.96. The second-order valence-corrected chi connectivity index (χ2v) is 3.80. The third kappa shape index (κ3) is 2.46. The molecule has 0 aromatic heterocycles. The van der Waals surface area contributed by atoms with Crippen LogP contribution in [0.15, 0.2) is 18.2 Å². The highest BCUT2D eigenvalue weighted by atomic mass is 35.5. The molecule has 0 N–H and O–H groups in total. The van der Waals surface area contributed by atoms with Gasteiger partial charge in [0.2, 0.25) is 0 Å². The molecule has 76 valence electrons. The third-order valence-corrected chi connectivity index (χ3v) is 2.79. The molecule has 0 aliphatic rings. The molecule has 0 saturated carbocycles. The van der Waals surface area contributed by atoms with Gasteiger partial charge in [0, 0.05) is 10.6 Å². The number of hydrogen-bond donors (Lipinski definition) is 0. The Balaban J connectivity index is 3.06. The molecule has 1 rings (SSSR count). The average molecular weight is 235 g/mol. The van der Waals surface area contributed by atoms with Crippen LogP contribution in [0.25, 0.3) is 0 Å². The smallest absolute Gasteiger partial charge is 0.152 e. The fourth-order valence-electron chi connectivity index (χ4n) is 1.09. The SMILES string of the molecule is CC(=O)C(Cl)c1ccc(Cl)c(CF)c1. The van der Waals surface area contributed by atoms with Crippen molar-refractivity contribution in [3.05, 3.63) is 34.3 Å². The number of ketones is 1. The number of rotatable bonds is 3. The number of halogens is 3. The van der Waals surface area contributed by atoms with E-state index in [1.807, 2.05) is 0 Å². The van der Waals surface area contributed by atoms with E-state index in [4.69, 9.17) is 23.2 Å². The molecule has 0 spiro atoms. The first kappa shape index (κ1) is 11.5. The predicted octanol–water partition coefficient (Wildman–Crippen LogP) is 3.68. The largest absolute Gasteiger partial charge is 0.298 e. The van der Waals surface area contributed by atoms with Crippen LogP contribution in [0.1, 0.15) is 23.4 Å². The van der Waals surface area contributed by atoms with E-state index in [9.17, 15) is 9.18 Å². The molecular formula is C10H9Cl2FO. The Labute approximate surface area is 91.8 Å². The molecule has 0 aliphatic heterocycles. The van der Waals surface area contributed by atoms with Crippen molar-refractivity contribution in [1.82, 2.24) is 0 Å². The Hall–Kier alpha value is -0.600. The monoisotopic (exact) mass is 234 g/mol. The van der Waals surface area contributed by atoms with Gasteiger partial charge >= 0.3 is 0 Å². The Morgan fingerprint density at radius 3 is 2.71 bits per heavy atom. The first-order valence-corrected chi connectivity index (χ1v) is 4.86. The fourth-order valence-corrected chi connectivity index (χ4v) is 1.39. The number of benzene rings is 1. The maximum absolute atomic E-state index is 12.4. The van der Waals surface area contributed by atoms with Crippen molar-refractivity contribution >= 4 is 29.0 Å². The van der Waals surface area contributed by atoms with Crippen molar-refractivity contribution in [3.63, 3.8) is 0 Å². The normalized spacial score (nSPS) is 12.6. The number of carbonyl (C=O) groups is 1. The summed E-state index contributed by atoms with van der Waals surface area (Å²) in [7, 11) is 0. The van der Waals surface area contributed by atoms with Gasteiger partial charge in [-0.2, -0.15) is 0 Å². The van der Waals surface area contributed by atoms with Crippen molar-refractivity contribution in [2.75, 3.05) is 0 Å². The van der Waals surface area contributed by atoms with E-state index in [2.05, 4.69) is 0 Å². The van der Waals surface area contributed by atoms with Gasteiger partial charge in [-0.3, -0.25) is 4.79 Å². The number of hydrogen-bond acceptors (Lipinski definition) is 1. The Bertz CT molecular complexity index is 352. The van der Waals surface area contributed by atoms with Crippen LogP contribution in [-0.4, -0.2) is 5.78 Å². The zero-order chi connectivity index (χ0) is 10.7. The van der Waals surface area contributed by atoms with Crippen LogP contribution in [0.3, 0.4) is 0 Å². The molecule has 0 amide bonds. The minimum atomic E-state index is -0.724. The topological polar surface area (TPSA) is 17.1 Å². The van der Waals surface area contributed by atoms with E-state index in [0.29, 0.717) is 16.1 Å². The molecule has 0 radical (unpaired) electrons. The Morgan fingerprint density at radius 1 is 1.57 bits per heavy atom. The van der Waals surface area contributed by atoms with Crippen LogP contribution in [0.2, 0.25) is 5.02 Å². The van der Waals surface area contributed by atoms with E-state index < -0.39 is 12.1 Å². The third-order valence-electron chi connectivity index (χ3n) is 1.86. The zero-order valence-corrected chi connectivity index (χ0v) is 9.07. The van der Waals surface area contributed by atoms with Crippen molar-refractivity contribution in [2.45, 2.75) is 19.0 Å². The van der Waals surface area contributed by atoms with Crippen LogP contribution in [0, 0.1) is 0 Å². The minimum absolute atomic E-state index is 0.168. The lowest BCUT2D eigenvalue weighted by Crippen LogP contribution is -2.02. The van der Waals surface area contributed by atoms with Crippen LogP contribution >= 0.6 is 23.2 Å². The zero-order valence-electron chi connectivity index (χ0n) is 7.56. The second kappa shape index (κ2) is 4.76. The van der Waals surface area contributed by atoms with Crippen molar-refractivity contribution < 1.29 is 9.18 Å². The fraction of sp³-hybridized carbons (Fsp3) is 0.300. The van der Waals surface area contributed by atoms with Crippen molar-refractivity contribution in [1.29, 1.82) is 0 Å². The minimum Gasteiger partial charge on any atom is -0.298 e. The van der Waals surface area contributed by atoms with Gasteiger partial charge in [-0.15, -0.1) is 11.6 Å². The molecule has 1 aromatic rings. The molecule has 1 unspecified atom stereocenters. The highest BCUT2D eigenvalue weighted by molar-refractivity contribution is 6.32. The highest BCUT2D eigenvalue weighted by Crippen LogP contribution is 2.26. The first-order chi connectivity index (χ1) is 6.56. The Kier molecular flexibility index (Phi) is 3.90. The molecule has 0 fully saturated rings. The standard InChI is InChI=1S/C10H9Cl2FO/c1-6(14)10(12)7-2-3-9(11)8(4-7)5-13/h2-4,10H,5H2,1H3. The molecule has 0 bridgehead atoms. The quantitative estimate of drug-likeness (QED) is 0.730. The van der Waals surface area contributed by atoms with E-state index in [0.717, 1.165) is 0 Å². The number of alkyl halides is 2. The molecule has 1 nitrogen and oxygen atoms in total. The first-order valence-electron chi connectivity index (χ1n) is 4.05. The summed E-state index contributed by atoms with van der Waals surface area (Å²) in [4.78, 5) is 11.0. The molecule has 0 saturated heterocycles. The van der Waals surface area contributed by atoms with Gasteiger partial charge in [0.1, 0.15) is 12.1 Å². The van der Waals surface area contributed by atoms with Gasteiger partial charge in [-0.05, 0) is 24.6 Å². The number of Topliss-reactive ketones (excluding diaryl/α,β-unsaturated/α-hetero) is 1. The summed E-state index contributed by atoms with van der Waals surface area (Å²) in [5.74, 6) is -0.168. The summed E-state index contributed by atoms with van der Waals surface area (Å²) in [6.45, 7) is 0.732.